The number of fused-ring (bicyclic) bond motifs is 13. The Morgan fingerprint density at radius 3 is 1.65 bits per heavy atom. The van der Waals surface area contributed by atoms with Crippen LogP contribution >= 0.6 is 0 Å². The van der Waals surface area contributed by atoms with Crippen molar-refractivity contribution in [2.24, 2.45) is 0 Å². The van der Waals surface area contributed by atoms with Crippen LogP contribution in [0.2, 0.25) is 0 Å². The highest BCUT2D eigenvalue weighted by atomic mass is 15.1. The van der Waals surface area contributed by atoms with Crippen molar-refractivity contribution in [3.8, 4) is 33.6 Å². The molecule has 3 nitrogen and oxygen atoms in total. The number of benzene rings is 10. The highest BCUT2D eigenvalue weighted by Crippen LogP contribution is 2.62. The van der Waals surface area contributed by atoms with Gasteiger partial charge >= 0.3 is 0 Å². The molecule has 0 fully saturated rings. The topological polar surface area (TPSA) is 13.1 Å². The van der Waals surface area contributed by atoms with Gasteiger partial charge in [0.1, 0.15) is 0 Å². The summed E-state index contributed by atoms with van der Waals surface area (Å²) in [4.78, 5) is 2.51. The number of hydrogen-bond acceptors (Lipinski definition) is 1. The molecule has 2 aliphatic carbocycles. The Morgan fingerprint density at radius 1 is 0.408 bits per heavy atom. The van der Waals surface area contributed by atoms with Crippen molar-refractivity contribution in [3.63, 3.8) is 0 Å². The molecule has 0 radical (unpaired) electrons. The molecule has 10 aromatic carbocycles. The average Bonchev–Trinajstić information content (AvgIpc) is 4.12. The van der Waals surface area contributed by atoms with Crippen molar-refractivity contribution in [2.75, 3.05) is 4.90 Å². The summed E-state index contributed by atoms with van der Waals surface area (Å²) < 4.78 is 4.81. The smallest absolute Gasteiger partial charge is 0.0686 e. The lowest BCUT2D eigenvalue weighted by Gasteiger charge is -2.33. The first-order valence-corrected chi connectivity index (χ1v) is 24.5. The molecule has 71 heavy (non-hydrogen) atoms. The first-order valence-electron chi connectivity index (χ1n) is 24.5. The molecule has 0 aliphatic heterocycles. The van der Waals surface area contributed by atoms with E-state index in [0.717, 1.165) is 39.6 Å². The van der Waals surface area contributed by atoms with Gasteiger partial charge < -0.3 is 14.0 Å². The van der Waals surface area contributed by atoms with Gasteiger partial charge in [-0.2, -0.15) is 0 Å². The van der Waals surface area contributed by atoms with E-state index in [4.69, 9.17) is 0 Å². The minimum Gasteiger partial charge on any atom is -0.310 e. The third-order valence-corrected chi connectivity index (χ3v) is 15.3. The number of allylic oxidation sites excluding steroid dienone is 5. The molecule has 14 rings (SSSR count). The van der Waals surface area contributed by atoms with Gasteiger partial charge in [0.05, 0.1) is 33.2 Å². The van der Waals surface area contributed by atoms with Crippen molar-refractivity contribution >= 4 is 66.2 Å². The van der Waals surface area contributed by atoms with Crippen molar-refractivity contribution in [1.29, 1.82) is 0 Å². The van der Waals surface area contributed by atoms with Crippen LogP contribution in [0.15, 0.2) is 267 Å². The lowest BCUT2D eigenvalue weighted by Crippen LogP contribution is -2.26. The number of anilines is 3. The molecule has 0 amide bonds. The van der Waals surface area contributed by atoms with Crippen LogP contribution in [0.25, 0.3) is 82.8 Å². The molecule has 0 N–H and O–H groups in total. The monoisotopic (exact) mass is 905 g/mol. The normalized spacial score (nSPS) is 14.8. The van der Waals surface area contributed by atoms with Crippen LogP contribution in [0, 0.1) is 0 Å². The van der Waals surface area contributed by atoms with Gasteiger partial charge in [-0.15, -0.1) is 0 Å². The van der Waals surface area contributed by atoms with Crippen LogP contribution in [0.3, 0.4) is 0 Å². The van der Waals surface area contributed by atoms with Crippen LogP contribution in [-0.4, -0.2) is 9.13 Å². The van der Waals surface area contributed by atoms with Gasteiger partial charge in [0.15, 0.2) is 0 Å². The van der Waals surface area contributed by atoms with Crippen LogP contribution in [0.5, 0.6) is 0 Å². The number of nitrogens with zero attached hydrogens (tertiary/aromatic N) is 3. The van der Waals surface area contributed by atoms with Gasteiger partial charge in [0.2, 0.25) is 0 Å². The highest BCUT2D eigenvalue weighted by molar-refractivity contribution is 6.12. The van der Waals surface area contributed by atoms with E-state index in [-0.39, 0.29) is 0 Å². The molecule has 0 bridgehead atoms. The van der Waals surface area contributed by atoms with Gasteiger partial charge in [0, 0.05) is 49.9 Å². The predicted octanol–water partition coefficient (Wildman–Crippen LogP) is 17.9. The zero-order valence-corrected chi connectivity index (χ0v) is 39.3. The van der Waals surface area contributed by atoms with Crippen molar-refractivity contribution in [1.82, 2.24) is 9.13 Å². The quantitative estimate of drug-likeness (QED) is 0.139. The maximum atomic E-state index is 4.06. The van der Waals surface area contributed by atoms with Crippen LogP contribution < -0.4 is 4.90 Å². The van der Waals surface area contributed by atoms with Gasteiger partial charge in [0.25, 0.3) is 0 Å². The fourth-order valence-electron chi connectivity index (χ4n) is 12.4. The highest BCUT2D eigenvalue weighted by Gasteiger charge is 2.51. The molecular formula is C68H47N3. The third kappa shape index (κ3) is 5.90. The maximum Gasteiger partial charge on any atom is 0.0686 e. The Hall–Kier alpha value is -9.18. The standard InChI is InChI=1S/C68H47N3/c1-3-4-25-51-45(2)68(60-31-16-11-27-53(51)60)61-32-17-12-28-54(61)55-40-37-50(44-62(55)68)69(49-38-41-66-59(43-49)57-30-15-20-35-65(57)70(66)47-21-7-5-8-22-47)63-33-18-13-26-52(63)46-36-39-58-56-29-14-19-34-64(56)71(67(58)42-46)48-23-9-6-10-24-48/h3-44H,1H2,2H3/b25-4-. The second-order valence-electron chi connectivity index (χ2n) is 18.9. The summed E-state index contributed by atoms with van der Waals surface area (Å²) in [6, 6.07) is 87.4. The van der Waals surface area contributed by atoms with E-state index in [1.807, 2.05) is 6.08 Å². The number of aromatic nitrogens is 2. The molecular weight excluding hydrogens is 859 g/mol. The molecule has 0 saturated heterocycles. The maximum absolute atomic E-state index is 4.06. The zero-order valence-electron chi connectivity index (χ0n) is 39.3. The first kappa shape index (κ1) is 40.8. The van der Waals surface area contributed by atoms with Crippen LogP contribution in [0.4, 0.5) is 17.1 Å². The summed E-state index contributed by atoms with van der Waals surface area (Å²) in [5.74, 6) is 0. The molecule has 2 aromatic heterocycles. The van der Waals surface area contributed by atoms with Gasteiger partial charge in [-0.05, 0) is 136 Å². The van der Waals surface area contributed by atoms with E-state index in [1.54, 1.807) is 0 Å². The minimum atomic E-state index is -0.493. The van der Waals surface area contributed by atoms with E-state index in [9.17, 15) is 0 Å². The molecule has 1 spiro atoms. The van der Waals surface area contributed by atoms with E-state index < -0.39 is 5.41 Å². The molecule has 2 heterocycles. The fourth-order valence-corrected chi connectivity index (χ4v) is 12.4. The van der Waals surface area contributed by atoms with Crippen LogP contribution in [-0.2, 0) is 5.41 Å². The lowest BCUT2D eigenvalue weighted by molar-refractivity contribution is 0.766. The zero-order chi connectivity index (χ0) is 47.2. The Labute approximate surface area is 413 Å². The van der Waals surface area contributed by atoms with E-state index >= 15 is 0 Å². The number of hydrogen-bond donors (Lipinski definition) is 0. The first-order chi connectivity index (χ1) is 35.1. The summed E-state index contributed by atoms with van der Waals surface area (Å²) in [6.45, 7) is 6.40. The molecule has 12 aromatic rings. The van der Waals surface area contributed by atoms with Gasteiger partial charge in [-0.25, -0.2) is 0 Å². The van der Waals surface area contributed by atoms with Crippen molar-refractivity contribution in [2.45, 2.75) is 12.3 Å². The molecule has 1 unspecified atom stereocenters. The minimum absolute atomic E-state index is 0.493. The lowest BCUT2D eigenvalue weighted by atomic mass is 9.70. The Morgan fingerprint density at radius 2 is 0.930 bits per heavy atom. The molecule has 0 saturated carbocycles. The van der Waals surface area contributed by atoms with E-state index in [2.05, 4.69) is 276 Å². The molecule has 2 aliphatic rings. The van der Waals surface area contributed by atoms with Gasteiger partial charge in [-0.1, -0.05) is 183 Å². The van der Waals surface area contributed by atoms with E-state index in [0.29, 0.717) is 0 Å². The summed E-state index contributed by atoms with van der Waals surface area (Å²) in [5.41, 5.74) is 22.4. The Balaban J connectivity index is 1.04. The number of rotatable bonds is 8. The Bertz CT molecular complexity index is 4200. The molecule has 3 heteroatoms. The van der Waals surface area contributed by atoms with Crippen molar-refractivity contribution in [3.05, 3.63) is 289 Å². The fraction of sp³-hybridized carbons (Fsp3) is 0.0294. The third-order valence-electron chi connectivity index (χ3n) is 15.3. The summed E-state index contributed by atoms with van der Waals surface area (Å²) in [6.07, 6.45) is 6.20. The largest absolute Gasteiger partial charge is 0.310 e. The van der Waals surface area contributed by atoms with Crippen molar-refractivity contribution < 1.29 is 0 Å². The SMILES string of the molecule is C=C/C=C\C1=C(C)C2(c3ccccc31)c1ccccc1-c1ccc(N(c3ccc4c(c3)c3ccccc3n4-c3ccccc3)c3ccccc3-c3ccc4c5ccccc5n(-c5ccccc5)c4c3)cc12. The second kappa shape index (κ2) is 15.9. The molecule has 1 atom stereocenters. The summed E-state index contributed by atoms with van der Waals surface area (Å²) in [5, 5.41) is 4.89. The van der Waals surface area contributed by atoms with Crippen LogP contribution in [0.1, 0.15) is 29.2 Å². The van der Waals surface area contributed by atoms with E-state index in [1.165, 1.54) is 88.1 Å². The summed E-state index contributed by atoms with van der Waals surface area (Å²) in [7, 11) is 0. The average molecular weight is 906 g/mol. The number of para-hydroxylation sites is 5. The second-order valence-corrected chi connectivity index (χ2v) is 18.9. The predicted molar refractivity (Wildman–Crippen MR) is 299 cm³/mol. The van der Waals surface area contributed by atoms with Gasteiger partial charge in [-0.3, -0.25) is 0 Å². The molecule has 334 valence electrons. The summed E-state index contributed by atoms with van der Waals surface area (Å²) >= 11 is 0. The Kier molecular flexibility index (Phi) is 9.18.